The summed E-state index contributed by atoms with van der Waals surface area (Å²) in [5.41, 5.74) is 10.3. The first-order valence-corrected chi connectivity index (χ1v) is 6.91. The average molecular weight is 248 g/mol. The van der Waals surface area contributed by atoms with Crippen molar-refractivity contribution in [1.29, 1.82) is 0 Å². The van der Waals surface area contributed by atoms with Crippen molar-refractivity contribution in [2.24, 2.45) is 5.73 Å². The molecule has 1 unspecified atom stereocenters. The van der Waals surface area contributed by atoms with Crippen molar-refractivity contribution >= 4 is 0 Å². The van der Waals surface area contributed by atoms with E-state index < -0.39 is 0 Å². The van der Waals surface area contributed by atoms with E-state index >= 15 is 0 Å². The van der Waals surface area contributed by atoms with Crippen LogP contribution in [0.15, 0.2) is 18.2 Å². The molecular weight excluding hydrogens is 220 g/mol. The highest BCUT2D eigenvalue weighted by molar-refractivity contribution is 5.32. The Kier molecular flexibility index (Phi) is 4.94. The molecule has 1 atom stereocenters. The first kappa shape index (κ1) is 15.2. The van der Waals surface area contributed by atoms with Gasteiger partial charge >= 0.3 is 0 Å². The Morgan fingerprint density at radius 2 is 1.50 bits per heavy atom. The SMILES string of the molecule is CCN(CC)C(C)(C)C(N)c1cc(C)cc(C)c1. The fourth-order valence-electron chi connectivity index (χ4n) is 2.83. The molecule has 0 heterocycles. The summed E-state index contributed by atoms with van der Waals surface area (Å²) < 4.78 is 0. The number of hydrogen-bond acceptors (Lipinski definition) is 2. The van der Waals surface area contributed by atoms with Gasteiger partial charge in [-0.1, -0.05) is 43.2 Å². The number of nitrogens with zero attached hydrogens (tertiary/aromatic N) is 1. The zero-order valence-electron chi connectivity index (χ0n) is 12.7. The maximum absolute atomic E-state index is 6.52. The largest absolute Gasteiger partial charge is 0.322 e. The van der Waals surface area contributed by atoms with E-state index in [1.165, 1.54) is 16.7 Å². The normalized spacial score (nSPS) is 14.0. The van der Waals surface area contributed by atoms with Gasteiger partial charge < -0.3 is 5.73 Å². The van der Waals surface area contributed by atoms with Crippen LogP contribution in [0.1, 0.15) is 50.4 Å². The Labute approximate surface area is 112 Å². The lowest BCUT2D eigenvalue weighted by Crippen LogP contribution is -2.51. The third kappa shape index (κ3) is 3.12. The van der Waals surface area contributed by atoms with Gasteiger partial charge in [0, 0.05) is 11.6 Å². The number of aryl methyl sites for hydroxylation is 2. The smallest absolute Gasteiger partial charge is 0.0476 e. The summed E-state index contributed by atoms with van der Waals surface area (Å²) in [6.45, 7) is 15.2. The molecule has 0 radical (unpaired) electrons. The third-order valence-electron chi connectivity index (χ3n) is 3.94. The fourth-order valence-corrected chi connectivity index (χ4v) is 2.83. The summed E-state index contributed by atoms with van der Waals surface area (Å²) in [6, 6.07) is 6.66. The quantitative estimate of drug-likeness (QED) is 0.865. The van der Waals surface area contributed by atoms with Crippen LogP contribution in [0.5, 0.6) is 0 Å². The highest BCUT2D eigenvalue weighted by atomic mass is 15.2. The Bertz CT molecular complexity index is 372. The molecule has 0 aliphatic heterocycles. The van der Waals surface area contributed by atoms with Gasteiger partial charge in [0.15, 0.2) is 0 Å². The van der Waals surface area contributed by atoms with Crippen LogP contribution in [-0.2, 0) is 0 Å². The molecule has 0 fully saturated rings. The van der Waals surface area contributed by atoms with Gasteiger partial charge in [0.1, 0.15) is 0 Å². The first-order chi connectivity index (χ1) is 8.32. The number of hydrogen-bond donors (Lipinski definition) is 1. The lowest BCUT2D eigenvalue weighted by atomic mass is 9.86. The van der Waals surface area contributed by atoms with E-state index in [4.69, 9.17) is 5.73 Å². The van der Waals surface area contributed by atoms with Crippen LogP contribution in [-0.4, -0.2) is 23.5 Å². The molecule has 0 amide bonds. The van der Waals surface area contributed by atoms with E-state index in [-0.39, 0.29) is 11.6 Å². The number of benzene rings is 1. The van der Waals surface area contributed by atoms with Gasteiger partial charge in [-0.05, 0) is 46.3 Å². The Hall–Kier alpha value is -0.860. The highest BCUT2D eigenvalue weighted by Crippen LogP contribution is 2.29. The minimum atomic E-state index is -0.0241. The average Bonchev–Trinajstić information content (AvgIpc) is 2.27. The van der Waals surface area contributed by atoms with E-state index in [2.05, 4.69) is 64.6 Å². The molecule has 102 valence electrons. The second-order valence-electron chi connectivity index (χ2n) is 5.72. The van der Waals surface area contributed by atoms with Crippen molar-refractivity contribution in [3.05, 3.63) is 34.9 Å². The maximum atomic E-state index is 6.52. The molecule has 0 aromatic heterocycles. The Morgan fingerprint density at radius 3 is 1.89 bits per heavy atom. The van der Waals surface area contributed by atoms with E-state index in [1.807, 2.05) is 0 Å². The van der Waals surface area contributed by atoms with Gasteiger partial charge in [0.25, 0.3) is 0 Å². The molecule has 0 spiro atoms. The number of nitrogens with two attached hydrogens (primary N) is 1. The van der Waals surface area contributed by atoms with E-state index in [9.17, 15) is 0 Å². The van der Waals surface area contributed by atoms with Crippen molar-refractivity contribution in [3.63, 3.8) is 0 Å². The van der Waals surface area contributed by atoms with E-state index in [1.54, 1.807) is 0 Å². The molecule has 0 saturated carbocycles. The summed E-state index contributed by atoms with van der Waals surface area (Å²) in [6.07, 6.45) is 0. The molecular formula is C16H28N2. The topological polar surface area (TPSA) is 29.3 Å². The van der Waals surface area contributed by atoms with E-state index in [0.717, 1.165) is 13.1 Å². The zero-order chi connectivity index (χ0) is 13.9. The standard InChI is InChI=1S/C16H28N2/c1-7-18(8-2)16(5,6)15(17)14-10-12(3)9-13(4)11-14/h9-11,15H,7-8,17H2,1-6H3. The predicted octanol–water partition coefficient (Wildman–Crippen LogP) is 3.42. The van der Waals surface area contributed by atoms with Gasteiger partial charge in [-0.25, -0.2) is 0 Å². The van der Waals surface area contributed by atoms with Crippen LogP contribution in [0, 0.1) is 13.8 Å². The summed E-state index contributed by atoms with van der Waals surface area (Å²) in [4.78, 5) is 2.43. The van der Waals surface area contributed by atoms with Gasteiger partial charge in [0.2, 0.25) is 0 Å². The molecule has 0 aliphatic rings. The first-order valence-electron chi connectivity index (χ1n) is 6.91. The summed E-state index contributed by atoms with van der Waals surface area (Å²) >= 11 is 0. The van der Waals surface area contributed by atoms with E-state index in [0.29, 0.717) is 0 Å². The predicted molar refractivity (Wildman–Crippen MR) is 79.8 cm³/mol. The van der Waals surface area contributed by atoms with Crippen LogP contribution >= 0.6 is 0 Å². The second kappa shape index (κ2) is 5.85. The molecule has 1 aromatic carbocycles. The molecule has 18 heavy (non-hydrogen) atoms. The monoisotopic (exact) mass is 248 g/mol. The maximum Gasteiger partial charge on any atom is 0.0476 e. The van der Waals surface area contributed by atoms with Gasteiger partial charge in [-0.15, -0.1) is 0 Å². The molecule has 2 nitrogen and oxygen atoms in total. The molecule has 0 saturated heterocycles. The van der Waals surface area contributed by atoms with Crippen molar-refractivity contribution in [2.45, 2.75) is 53.1 Å². The molecule has 0 bridgehead atoms. The Morgan fingerprint density at radius 1 is 1.06 bits per heavy atom. The van der Waals surface area contributed by atoms with Crippen LogP contribution in [0.3, 0.4) is 0 Å². The third-order valence-corrected chi connectivity index (χ3v) is 3.94. The Balaban J connectivity index is 3.08. The van der Waals surface area contributed by atoms with Crippen molar-refractivity contribution in [1.82, 2.24) is 4.90 Å². The van der Waals surface area contributed by atoms with Gasteiger partial charge in [0.05, 0.1) is 0 Å². The van der Waals surface area contributed by atoms with Crippen LogP contribution < -0.4 is 5.73 Å². The van der Waals surface area contributed by atoms with Crippen LogP contribution in [0.2, 0.25) is 0 Å². The van der Waals surface area contributed by atoms with Crippen molar-refractivity contribution in [2.75, 3.05) is 13.1 Å². The van der Waals surface area contributed by atoms with Crippen LogP contribution in [0.4, 0.5) is 0 Å². The minimum absolute atomic E-state index is 0.0241. The second-order valence-corrected chi connectivity index (χ2v) is 5.72. The van der Waals surface area contributed by atoms with Gasteiger partial charge in [-0.3, -0.25) is 4.90 Å². The van der Waals surface area contributed by atoms with Crippen LogP contribution in [0.25, 0.3) is 0 Å². The highest BCUT2D eigenvalue weighted by Gasteiger charge is 2.32. The fraction of sp³-hybridized carbons (Fsp3) is 0.625. The molecule has 2 N–H and O–H groups in total. The number of likely N-dealkylation sites (N-methyl/N-ethyl adjacent to an activating group) is 1. The lowest BCUT2D eigenvalue weighted by molar-refractivity contribution is 0.107. The summed E-state index contributed by atoms with van der Waals surface area (Å²) in [5.74, 6) is 0. The number of rotatable bonds is 5. The summed E-state index contributed by atoms with van der Waals surface area (Å²) in [5, 5.41) is 0. The summed E-state index contributed by atoms with van der Waals surface area (Å²) in [7, 11) is 0. The van der Waals surface area contributed by atoms with Crippen molar-refractivity contribution < 1.29 is 0 Å². The molecule has 1 aromatic rings. The van der Waals surface area contributed by atoms with Crippen molar-refractivity contribution in [3.8, 4) is 0 Å². The molecule has 1 rings (SSSR count). The van der Waals surface area contributed by atoms with Gasteiger partial charge in [-0.2, -0.15) is 0 Å². The lowest BCUT2D eigenvalue weighted by Gasteiger charge is -2.42. The minimum Gasteiger partial charge on any atom is -0.322 e. The molecule has 0 aliphatic carbocycles. The molecule has 2 heteroatoms. The zero-order valence-corrected chi connectivity index (χ0v) is 12.7.